The molecule has 0 aliphatic carbocycles. The van der Waals surface area contributed by atoms with Crippen LogP contribution in [0.4, 0.5) is 0 Å². The first-order valence-electron chi connectivity index (χ1n) is 11.2. The van der Waals surface area contributed by atoms with Crippen LogP contribution in [-0.2, 0) is 12.8 Å². The lowest BCUT2D eigenvalue weighted by molar-refractivity contribution is 0.101. The summed E-state index contributed by atoms with van der Waals surface area (Å²) < 4.78 is 6.11. The smallest absolute Gasteiger partial charge is 0.163 e. The molecule has 0 aliphatic heterocycles. The largest absolute Gasteiger partial charge is 0.507 e. The topological polar surface area (TPSA) is 66.8 Å². The van der Waals surface area contributed by atoms with Gasteiger partial charge in [-0.05, 0) is 74.9 Å². The van der Waals surface area contributed by atoms with Gasteiger partial charge in [0, 0.05) is 16.2 Å². The maximum atomic E-state index is 11.7. The van der Waals surface area contributed by atoms with Gasteiger partial charge in [0.25, 0.3) is 0 Å². The molecule has 0 amide bonds. The molecular formula is C26H36O4S. The fraction of sp³-hybridized carbons (Fsp3) is 0.500. The second-order valence-corrected chi connectivity index (χ2v) is 9.11. The zero-order valence-electron chi connectivity index (χ0n) is 19.5. The number of hydrogen-bond acceptors (Lipinski definition) is 5. The van der Waals surface area contributed by atoms with Gasteiger partial charge in [-0.15, -0.1) is 11.8 Å². The number of ether oxygens (including phenoxy) is 1. The summed E-state index contributed by atoms with van der Waals surface area (Å²) in [5.74, 6) is 1.79. The third kappa shape index (κ3) is 6.50. The Morgan fingerprint density at radius 1 is 1.10 bits per heavy atom. The third-order valence-electron chi connectivity index (χ3n) is 5.47. The van der Waals surface area contributed by atoms with Crippen molar-refractivity contribution >= 4 is 17.5 Å². The number of carbonyl (C=O) groups excluding carboxylic acids is 1. The lowest BCUT2D eigenvalue weighted by Gasteiger charge is -2.18. The van der Waals surface area contributed by atoms with E-state index in [-0.39, 0.29) is 11.5 Å². The van der Waals surface area contributed by atoms with E-state index >= 15 is 0 Å². The Hall–Kier alpha value is -1.98. The molecule has 1 atom stereocenters. The van der Waals surface area contributed by atoms with E-state index in [1.807, 2.05) is 18.2 Å². The van der Waals surface area contributed by atoms with Gasteiger partial charge in [-0.1, -0.05) is 32.8 Å². The van der Waals surface area contributed by atoms with Gasteiger partial charge in [0.2, 0.25) is 0 Å². The lowest BCUT2D eigenvalue weighted by Crippen LogP contribution is -2.06. The van der Waals surface area contributed by atoms with Crippen LogP contribution in [0, 0.1) is 6.92 Å². The maximum absolute atomic E-state index is 11.7. The Morgan fingerprint density at radius 2 is 1.77 bits per heavy atom. The molecule has 2 N–H and O–H groups in total. The monoisotopic (exact) mass is 444 g/mol. The molecule has 5 heteroatoms. The molecule has 2 aromatic rings. The molecule has 1 unspecified atom stereocenters. The summed E-state index contributed by atoms with van der Waals surface area (Å²) in [6, 6.07) is 7.61. The first-order chi connectivity index (χ1) is 14.8. The predicted octanol–water partition coefficient (Wildman–Crippen LogP) is 6.42. The molecule has 170 valence electrons. The summed E-state index contributed by atoms with van der Waals surface area (Å²) in [6.07, 6.45) is 4.00. The van der Waals surface area contributed by atoms with Gasteiger partial charge < -0.3 is 14.9 Å². The van der Waals surface area contributed by atoms with E-state index in [0.29, 0.717) is 12.2 Å². The van der Waals surface area contributed by atoms with Crippen molar-refractivity contribution in [1.82, 2.24) is 0 Å². The van der Waals surface area contributed by atoms with Crippen molar-refractivity contribution in [2.75, 3.05) is 12.4 Å². The average molecular weight is 445 g/mol. The fourth-order valence-corrected chi connectivity index (χ4v) is 4.87. The number of phenolic OH excluding ortho intramolecular Hbond substituents is 1. The summed E-state index contributed by atoms with van der Waals surface area (Å²) in [6.45, 7) is 10.2. The minimum atomic E-state index is -0.482. The van der Waals surface area contributed by atoms with Gasteiger partial charge in [-0.25, -0.2) is 0 Å². The first-order valence-corrected chi connectivity index (χ1v) is 12.2. The van der Waals surface area contributed by atoms with Gasteiger partial charge in [0.1, 0.15) is 11.5 Å². The van der Waals surface area contributed by atoms with E-state index in [4.69, 9.17) is 4.74 Å². The number of aromatic hydroxyl groups is 1. The van der Waals surface area contributed by atoms with Crippen LogP contribution in [0.5, 0.6) is 11.5 Å². The molecule has 0 saturated carbocycles. The van der Waals surface area contributed by atoms with Gasteiger partial charge in [-0.3, -0.25) is 4.79 Å². The Morgan fingerprint density at radius 3 is 2.39 bits per heavy atom. The maximum Gasteiger partial charge on any atom is 0.163 e. The Labute approximate surface area is 191 Å². The van der Waals surface area contributed by atoms with Gasteiger partial charge >= 0.3 is 0 Å². The van der Waals surface area contributed by atoms with Crippen LogP contribution in [0.25, 0.3) is 0 Å². The van der Waals surface area contributed by atoms with Crippen molar-refractivity contribution in [3.05, 3.63) is 52.1 Å². The highest BCUT2D eigenvalue weighted by Crippen LogP contribution is 2.34. The summed E-state index contributed by atoms with van der Waals surface area (Å²) in [7, 11) is 0. The Bertz CT molecular complexity index is 889. The summed E-state index contributed by atoms with van der Waals surface area (Å²) in [5.41, 5.74) is 4.53. The molecule has 4 nitrogen and oxygen atoms in total. The van der Waals surface area contributed by atoms with E-state index in [0.717, 1.165) is 65.2 Å². The molecule has 2 rings (SSSR count). The predicted molar refractivity (Wildman–Crippen MR) is 129 cm³/mol. The minimum Gasteiger partial charge on any atom is -0.507 e. The highest BCUT2D eigenvalue weighted by molar-refractivity contribution is 7.99. The van der Waals surface area contributed by atoms with Crippen LogP contribution >= 0.6 is 11.8 Å². The van der Waals surface area contributed by atoms with E-state index in [9.17, 15) is 15.0 Å². The highest BCUT2D eigenvalue weighted by atomic mass is 32.2. The first kappa shape index (κ1) is 25.3. The molecule has 31 heavy (non-hydrogen) atoms. The zero-order valence-corrected chi connectivity index (χ0v) is 20.3. The molecule has 0 fully saturated rings. The number of hydrogen-bond donors (Lipinski definition) is 2. The molecular weight excluding hydrogens is 408 g/mol. The van der Waals surface area contributed by atoms with Crippen LogP contribution in [0.2, 0.25) is 0 Å². The van der Waals surface area contributed by atoms with Crippen molar-refractivity contribution in [2.45, 2.75) is 77.7 Å². The number of Topliss-reactive ketones (excluding diaryl/α,β-unsaturated/α-hetero) is 1. The summed E-state index contributed by atoms with van der Waals surface area (Å²) >= 11 is 1.70. The summed E-state index contributed by atoms with van der Waals surface area (Å²) in [4.78, 5) is 12.8. The van der Waals surface area contributed by atoms with Crippen molar-refractivity contribution in [1.29, 1.82) is 0 Å². The van der Waals surface area contributed by atoms with Crippen molar-refractivity contribution in [3.63, 3.8) is 0 Å². The number of carbonyl (C=O) groups is 1. The average Bonchev–Trinajstić information content (AvgIpc) is 2.71. The molecule has 0 spiro atoms. The standard InChI is InChI=1S/C26H36O4S/c1-6-9-21-17(3)20(18(4)27)11-13-24(21)30-15-8-16-31-25-14-12-22(19(5)28)26(29)23(25)10-7-2/h11-14,18,27,29H,6-10,15-16H2,1-5H3. The van der Waals surface area contributed by atoms with Crippen molar-refractivity contribution in [2.24, 2.45) is 0 Å². The normalized spacial score (nSPS) is 12.1. The summed E-state index contributed by atoms with van der Waals surface area (Å²) in [5, 5.41) is 20.5. The number of thioether (sulfide) groups is 1. The molecule has 0 radical (unpaired) electrons. The number of ketones is 1. The number of phenols is 1. The second kappa shape index (κ2) is 12.2. The quantitative estimate of drug-likeness (QED) is 0.224. The van der Waals surface area contributed by atoms with Crippen molar-refractivity contribution < 1.29 is 19.7 Å². The molecule has 0 heterocycles. The fourth-order valence-electron chi connectivity index (χ4n) is 3.85. The van der Waals surface area contributed by atoms with E-state index in [1.54, 1.807) is 24.8 Å². The Kier molecular flexibility index (Phi) is 9.92. The number of aliphatic hydroxyl groups is 1. The van der Waals surface area contributed by atoms with Crippen molar-refractivity contribution in [3.8, 4) is 11.5 Å². The van der Waals surface area contributed by atoms with Gasteiger partial charge in [0.15, 0.2) is 5.78 Å². The van der Waals surface area contributed by atoms with E-state index in [1.165, 1.54) is 12.5 Å². The van der Waals surface area contributed by atoms with Crippen LogP contribution < -0.4 is 4.74 Å². The van der Waals surface area contributed by atoms with Crippen LogP contribution in [0.1, 0.15) is 85.7 Å². The lowest BCUT2D eigenvalue weighted by atomic mass is 9.95. The highest BCUT2D eigenvalue weighted by Gasteiger charge is 2.16. The van der Waals surface area contributed by atoms with E-state index < -0.39 is 6.10 Å². The van der Waals surface area contributed by atoms with Gasteiger partial charge in [-0.2, -0.15) is 0 Å². The van der Waals surface area contributed by atoms with E-state index in [2.05, 4.69) is 20.8 Å². The molecule has 0 aromatic heterocycles. The molecule has 0 bridgehead atoms. The van der Waals surface area contributed by atoms with Crippen LogP contribution in [-0.4, -0.2) is 28.4 Å². The van der Waals surface area contributed by atoms with Crippen LogP contribution in [0.3, 0.4) is 0 Å². The minimum absolute atomic E-state index is 0.111. The van der Waals surface area contributed by atoms with Crippen LogP contribution in [0.15, 0.2) is 29.2 Å². The Balaban J connectivity index is 2.01. The molecule has 2 aromatic carbocycles. The SMILES string of the molecule is CCCc1c(OCCCSc2ccc(C(C)=O)c(O)c2CCC)ccc(C(C)O)c1C. The number of aliphatic hydroxyl groups excluding tert-OH is 1. The molecule has 0 saturated heterocycles. The van der Waals surface area contributed by atoms with Gasteiger partial charge in [0.05, 0.1) is 18.3 Å². The molecule has 0 aliphatic rings. The zero-order chi connectivity index (χ0) is 23.0. The second-order valence-electron chi connectivity index (χ2n) is 7.98. The third-order valence-corrected chi connectivity index (χ3v) is 6.66. The number of rotatable bonds is 12. The number of benzene rings is 2.